The second kappa shape index (κ2) is 8.18. The van der Waals surface area contributed by atoms with Crippen LogP contribution in [-0.4, -0.2) is 49.9 Å². The van der Waals surface area contributed by atoms with E-state index in [0.717, 1.165) is 12.7 Å². The molecule has 0 aromatic carbocycles. The number of amides is 2. The average molecular weight is 323 g/mol. The molecule has 8 nitrogen and oxygen atoms in total. The van der Waals surface area contributed by atoms with E-state index in [9.17, 15) is 18.0 Å². The van der Waals surface area contributed by atoms with Gasteiger partial charge in [-0.2, -0.15) is 0 Å². The third-order valence-corrected chi connectivity index (χ3v) is 3.53. The lowest BCUT2D eigenvalue weighted by Crippen LogP contribution is -2.54. The molecule has 0 heterocycles. The highest BCUT2D eigenvalue weighted by Crippen LogP contribution is 2.03. The molecule has 0 saturated carbocycles. The van der Waals surface area contributed by atoms with Gasteiger partial charge in [0.2, 0.25) is 10.0 Å². The van der Waals surface area contributed by atoms with Gasteiger partial charge in [0.1, 0.15) is 6.04 Å². The van der Waals surface area contributed by atoms with Crippen molar-refractivity contribution in [3.05, 3.63) is 0 Å². The summed E-state index contributed by atoms with van der Waals surface area (Å²) in [5.41, 5.74) is -0.868. The summed E-state index contributed by atoms with van der Waals surface area (Å²) in [5, 5.41) is 13.8. The zero-order chi connectivity index (χ0) is 16.7. The summed E-state index contributed by atoms with van der Waals surface area (Å²) in [4.78, 5) is 22.7. The number of hydrogen-bond acceptors (Lipinski definition) is 4. The number of urea groups is 1. The van der Waals surface area contributed by atoms with Crippen LogP contribution in [-0.2, 0) is 14.8 Å². The number of carbonyl (C=O) groups excluding carboxylic acids is 1. The van der Waals surface area contributed by atoms with Crippen molar-refractivity contribution in [2.24, 2.45) is 0 Å². The van der Waals surface area contributed by atoms with E-state index in [1.165, 1.54) is 0 Å². The van der Waals surface area contributed by atoms with Gasteiger partial charge in [-0.1, -0.05) is 19.8 Å². The zero-order valence-electron chi connectivity index (χ0n) is 12.9. The minimum atomic E-state index is -3.39. The summed E-state index contributed by atoms with van der Waals surface area (Å²) in [6, 6.07) is -1.59. The lowest BCUT2D eigenvalue weighted by atomic mass is 10.1. The normalized spacial score (nSPS) is 13.5. The predicted molar refractivity (Wildman–Crippen MR) is 79.5 cm³/mol. The van der Waals surface area contributed by atoms with Gasteiger partial charge in [0, 0.05) is 12.1 Å². The molecule has 2 amide bonds. The van der Waals surface area contributed by atoms with Crippen molar-refractivity contribution in [3.8, 4) is 0 Å². The van der Waals surface area contributed by atoms with Crippen molar-refractivity contribution in [2.45, 2.75) is 51.6 Å². The third kappa shape index (κ3) is 10.1. The van der Waals surface area contributed by atoms with Gasteiger partial charge in [-0.3, -0.25) is 0 Å². The van der Waals surface area contributed by atoms with Crippen molar-refractivity contribution >= 4 is 22.0 Å². The molecule has 21 heavy (non-hydrogen) atoms. The molecule has 1 atom stereocenters. The number of carboxylic acids is 1. The van der Waals surface area contributed by atoms with E-state index in [1.807, 2.05) is 6.92 Å². The molecule has 0 aliphatic rings. The minimum absolute atomic E-state index is 0.0338. The number of aliphatic carboxylic acids is 1. The largest absolute Gasteiger partial charge is 0.480 e. The first-order valence-electron chi connectivity index (χ1n) is 6.73. The van der Waals surface area contributed by atoms with Crippen molar-refractivity contribution in [1.82, 2.24) is 15.4 Å². The average Bonchev–Trinajstić information content (AvgIpc) is 2.28. The van der Waals surface area contributed by atoms with Crippen LogP contribution in [0.4, 0.5) is 4.79 Å². The van der Waals surface area contributed by atoms with Crippen molar-refractivity contribution in [3.63, 3.8) is 0 Å². The highest BCUT2D eigenvalue weighted by Gasteiger charge is 2.24. The third-order valence-electron chi connectivity index (χ3n) is 2.60. The van der Waals surface area contributed by atoms with Crippen LogP contribution in [0.5, 0.6) is 0 Å². The Hall–Kier alpha value is -1.35. The molecule has 4 N–H and O–H groups in total. The van der Waals surface area contributed by atoms with E-state index in [2.05, 4.69) is 15.4 Å². The molecule has 0 spiro atoms. The fraction of sp³-hybridized carbons (Fsp3) is 0.833. The van der Waals surface area contributed by atoms with Gasteiger partial charge in [-0.05, 0) is 20.3 Å². The lowest BCUT2D eigenvalue weighted by Gasteiger charge is -2.25. The summed E-state index contributed by atoms with van der Waals surface area (Å²) in [6.45, 7) is 5.19. The summed E-state index contributed by atoms with van der Waals surface area (Å²) < 4.78 is 24.7. The monoisotopic (exact) mass is 323 g/mol. The van der Waals surface area contributed by atoms with Crippen LogP contribution in [0, 0.1) is 0 Å². The Morgan fingerprint density at radius 1 is 1.29 bits per heavy atom. The predicted octanol–water partition coefficient (Wildman–Crippen LogP) is 0.257. The molecule has 0 aliphatic heterocycles. The molecule has 0 radical (unpaired) electrons. The van der Waals surface area contributed by atoms with Gasteiger partial charge in [0.05, 0.1) is 6.26 Å². The number of unbranched alkanes of at least 4 members (excludes halogenated alkanes) is 1. The lowest BCUT2D eigenvalue weighted by molar-refractivity contribution is -0.139. The molecule has 0 fully saturated rings. The van der Waals surface area contributed by atoms with Crippen LogP contribution in [0.3, 0.4) is 0 Å². The molecular formula is C12H25N3O5S. The fourth-order valence-corrected chi connectivity index (χ4v) is 2.79. The Labute approximate surface area is 125 Å². The first kappa shape index (κ1) is 19.7. The first-order valence-corrected chi connectivity index (χ1v) is 8.62. The Kier molecular flexibility index (Phi) is 7.65. The molecular weight excluding hydrogens is 298 g/mol. The maximum Gasteiger partial charge on any atom is 0.326 e. The van der Waals surface area contributed by atoms with E-state index in [0.29, 0.717) is 12.8 Å². The van der Waals surface area contributed by atoms with Gasteiger partial charge in [-0.15, -0.1) is 0 Å². The number of nitrogens with one attached hydrogen (secondary N) is 3. The van der Waals surface area contributed by atoms with Gasteiger partial charge >= 0.3 is 12.0 Å². The van der Waals surface area contributed by atoms with Crippen LogP contribution in [0.25, 0.3) is 0 Å². The summed E-state index contributed by atoms with van der Waals surface area (Å²) in [6.07, 6.45) is 2.90. The van der Waals surface area contributed by atoms with Gasteiger partial charge in [-0.25, -0.2) is 22.7 Å². The number of rotatable bonds is 9. The van der Waals surface area contributed by atoms with Crippen molar-refractivity contribution in [2.75, 3.05) is 12.8 Å². The zero-order valence-corrected chi connectivity index (χ0v) is 13.7. The maximum absolute atomic E-state index is 11.7. The molecule has 9 heteroatoms. The first-order chi connectivity index (χ1) is 9.47. The Balaban J connectivity index is 4.39. The van der Waals surface area contributed by atoms with Gasteiger partial charge < -0.3 is 15.7 Å². The molecule has 124 valence electrons. The van der Waals surface area contributed by atoms with E-state index in [-0.39, 0.29) is 6.54 Å². The number of sulfonamides is 1. The summed E-state index contributed by atoms with van der Waals surface area (Å²) in [5.74, 6) is -1.09. The second-order valence-corrected chi connectivity index (χ2v) is 7.37. The second-order valence-electron chi connectivity index (χ2n) is 5.62. The SMILES string of the molecule is CCCCC(NC(=O)NCC(C)(C)NS(C)(=O)=O)C(=O)O. The van der Waals surface area contributed by atoms with E-state index in [4.69, 9.17) is 5.11 Å². The molecule has 0 bridgehead atoms. The molecule has 0 saturated heterocycles. The van der Waals surface area contributed by atoms with Gasteiger partial charge in [0.25, 0.3) is 0 Å². The molecule has 0 aromatic heterocycles. The smallest absolute Gasteiger partial charge is 0.326 e. The number of carboxylic acid groups (broad SMARTS) is 1. The highest BCUT2D eigenvalue weighted by atomic mass is 32.2. The van der Waals surface area contributed by atoms with E-state index >= 15 is 0 Å². The molecule has 0 rings (SSSR count). The minimum Gasteiger partial charge on any atom is -0.480 e. The van der Waals surface area contributed by atoms with Crippen molar-refractivity contribution in [1.29, 1.82) is 0 Å². The summed E-state index contributed by atoms with van der Waals surface area (Å²) >= 11 is 0. The molecule has 0 aromatic rings. The maximum atomic E-state index is 11.7. The molecule has 0 aliphatic carbocycles. The van der Waals surface area contributed by atoms with E-state index < -0.39 is 33.6 Å². The van der Waals surface area contributed by atoms with Crippen LogP contribution >= 0.6 is 0 Å². The highest BCUT2D eigenvalue weighted by molar-refractivity contribution is 7.88. The fourth-order valence-electron chi connectivity index (χ4n) is 1.71. The quantitative estimate of drug-likeness (QED) is 0.484. The molecule has 1 unspecified atom stereocenters. The van der Waals surface area contributed by atoms with Gasteiger partial charge in [0.15, 0.2) is 0 Å². The number of carbonyl (C=O) groups is 2. The topological polar surface area (TPSA) is 125 Å². The van der Waals surface area contributed by atoms with Crippen molar-refractivity contribution < 1.29 is 23.1 Å². The summed E-state index contributed by atoms with van der Waals surface area (Å²) in [7, 11) is -3.39. The number of hydrogen-bond donors (Lipinski definition) is 4. The van der Waals surface area contributed by atoms with Crippen LogP contribution < -0.4 is 15.4 Å². The van der Waals surface area contributed by atoms with Crippen LogP contribution in [0.2, 0.25) is 0 Å². The standard InChI is InChI=1S/C12H25N3O5S/c1-5-6-7-9(10(16)17)14-11(18)13-8-12(2,3)15-21(4,19)20/h9,15H,5-8H2,1-4H3,(H,16,17)(H2,13,14,18). The Morgan fingerprint density at radius 2 is 1.86 bits per heavy atom. The Morgan fingerprint density at radius 3 is 2.29 bits per heavy atom. The Bertz CT molecular complexity index is 462. The van der Waals surface area contributed by atoms with Crippen LogP contribution in [0.15, 0.2) is 0 Å². The van der Waals surface area contributed by atoms with E-state index in [1.54, 1.807) is 13.8 Å². The van der Waals surface area contributed by atoms with Crippen LogP contribution in [0.1, 0.15) is 40.0 Å².